The Labute approximate surface area is 150 Å². The molecule has 2 saturated heterocycles. The van der Waals surface area contributed by atoms with Crippen molar-refractivity contribution in [3.63, 3.8) is 0 Å². The average molecular weight is 346 g/mol. The molecule has 138 valence electrons. The van der Waals surface area contributed by atoms with Crippen LogP contribution < -0.4 is 10.1 Å². The molecule has 4 rings (SSSR count). The van der Waals surface area contributed by atoms with Crippen molar-refractivity contribution in [3.8, 4) is 5.75 Å². The number of rotatable bonds is 7. The van der Waals surface area contributed by atoms with Gasteiger partial charge in [0, 0.05) is 19.6 Å². The minimum atomic E-state index is -0.414. The van der Waals surface area contributed by atoms with Gasteiger partial charge in [0.15, 0.2) is 0 Å². The molecule has 2 bridgehead atoms. The van der Waals surface area contributed by atoms with E-state index >= 15 is 0 Å². The fourth-order valence-corrected chi connectivity index (χ4v) is 4.03. The smallest absolute Gasteiger partial charge is 0.411 e. The van der Waals surface area contributed by atoms with Gasteiger partial charge in [0.05, 0.1) is 18.9 Å². The number of carbonyl (C=O) groups is 1. The maximum Gasteiger partial charge on any atom is 0.411 e. The van der Waals surface area contributed by atoms with Crippen molar-refractivity contribution in [2.45, 2.75) is 39.0 Å². The summed E-state index contributed by atoms with van der Waals surface area (Å²) in [5, 5.41) is 2.77. The molecule has 25 heavy (non-hydrogen) atoms. The second-order valence-electron chi connectivity index (χ2n) is 7.19. The lowest BCUT2D eigenvalue weighted by atomic mass is 9.84. The molecule has 2 heterocycles. The summed E-state index contributed by atoms with van der Waals surface area (Å²) in [4.78, 5) is 14.6. The first-order valence-corrected chi connectivity index (χ1v) is 9.62. The van der Waals surface area contributed by atoms with Gasteiger partial charge in [-0.2, -0.15) is 0 Å². The fraction of sp³-hybridized carbons (Fsp3) is 0.650. The van der Waals surface area contributed by atoms with Gasteiger partial charge in [0.25, 0.3) is 0 Å². The molecule has 3 aliphatic rings. The second-order valence-corrected chi connectivity index (χ2v) is 7.19. The molecule has 3 fully saturated rings. The van der Waals surface area contributed by atoms with Gasteiger partial charge >= 0.3 is 6.09 Å². The molecule has 2 aliphatic heterocycles. The minimum Gasteiger partial charge on any atom is -0.492 e. The number of amides is 1. The highest BCUT2D eigenvalue weighted by molar-refractivity contribution is 5.86. The molecule has 1 aromatic carbocycles. The molecule has 0 atom stereocenters. The lowest BCUT2D eigenvalue weighted by Gasteiger charge is -2.22. The number of carbonyl (C=O) groups excluding carboxylic acids is 1. The van der Waals surface area contributed by atoms with E-state index in [4.69, 9.17) is 9.47 Å². The van der Waals surface area contributed by atoms with Crippen molar-refractivity contribution in [1.29, 1.82) is 0 Å². The monoisotopic (exact) mass is 346 g/mol. The zero-order valence-corrected chi connectivity index (χ0v) is 15.2. The molecule has 1 aliphatic carbocycles. The van der Waals surface area contributed by atoms with Gasteiger partial charge in [0.1, 0.15) is 5.75 Å². The van der Waals surface area contributed by atoms with Gasteiger partial charge in [0.2, 0.25) is 0 Å². The number of hydrogen-bond donors (Lipinski definition) is 1. The molecule has 0 radical (unpaired) electrons. The lowest BCUT2D eigenvalue weighted by molar-refractivity contribution is 0.150. The number of benzene rings is 1. The van der Waals surface area contributed by atoms with Crippen molar-refractivity contribution in [1.82, 2.24) is 4.90 Å². The van der Waals surface area contributed by atoms with E-state index in [1.54, 1.807) is 0 Å². The van der Waals surface area contributed by atoms with Crippen molar-refractivity contribution in [3.05, 3.63) is 24.3 Å². The number of anilines is 1. The predicted octanol–water partition coefficient (Wildman–Crippen LogP) is 4.15. The van der Waals surface area contributed by atoms with Crippen LogP contribution in [0.5, 0.6) is 5.75 Å². The second kappa shape index (κ2) is 9.09. The Balaban J connectivity index is 1.37. The summed E-state index contributed by atoms with van der Waals surface area (Å²) in [6.07, 6.45) is 6.08. The van der Waals surface area contributed by atoms with Crippen LogP contribution in [0, 0.1) is 11.8 Å². The van der Waals surface area contributed by atoms with Crippen molar-refractivity contribution in [2.24, 2.45) is 11.8 Å². The highest BCUT2D eigenvalue weighted by atomic mass is 16.5. The van der Waals surface area contributed by atoms with Crippen LogP contribution in [0.25, 0.3) is 0 Å². The number of nitrogens with zero attached hydrogens (tertiary/aromatic N) is 1. The summed E-state index contributed by atoms with van der Waals surface area (Å²) >= 11 is 0. The van der Waals surface area contributed by atoms with E-state index in [9.17, 15) is 4.79 Å². The first-order valence-electron chi connectivity index (χ1n) is 9.62. The van der Waals surface area contributed by atoms with Crippen LogP contribution in [0.15, 0.2) is 24.3 Å². The Morgan fingerprint density at radius 2 is 1.84 bits per heavy atom. The van der Waals surface area contributed by atoms with Crippen LogP contribution >= 0.6 is 0 Å². The highest BCUT2D eigenvalue weighted by Crippen LogP contribution is 2.33. The first-order chi connectivity index (χ1) is 12.2. The third kappa shape index (κ3) is 5.36. The molecule has 1 N–H and O–H groups in total. The van der Waals surface area contributed by atoms with Crippen LogP contribution in [-0.4, -0.2) is 43.8 Å². The van der Waals surface area contributed by atoms with E-state index < -0.39 is 6.09 Å². The van der Waals surface area contributed by atoms with E-state index in [-0.39, 0.29) is 0 Å². The van der Waals surface area contributed by atoms with Crippen LogP contribution in [0.3, 0.4) is 0 Å². The Morgan fingerprint density at radius 3 is 2.52 bits per heavy atom. The van der Waals surface area contributed by atoms with Gasteiger partial charge in [-0.1, -0.05) is 12.1 Å². The van der Waals surface area contributed by atoms with E-state index in [2.05, 4.69) is 10.2 Å². The number of ether oxygens (including phenoxy) is 2. The molecule has 1 saturated carbocycles. The Bertz CT molecular complexity index is 542. The van der Waals surface area contributed by atoms with Crippen LogP contribution in [0.1, 0.15) is 39.0 Å². The van der Waals surface area contributed by atoms with E-state index in [0.29, 0.717) is 24.7 Å². The molecule has 1 amide bonds. The normalized spacial score (nSPS) is 23.1. The van der Waals surface area contributed by atoms with E-state index in [0.717, 1.165) is 24.8 Å². The van der Waals surface area contributed by atoms with E-state index in [1.165, 1.54) is 38.8 Å². The molecular formula is C20H30N2O3. The van der Waals surface area contributed by atoms with Gasteiger partial charge < -0.3 is 14.4 Å². The summed E-state index contributed by atoms with van der Waals surface area (Å²) in [6.45, 7) is 6.41. The van der Waals surface area contributed by atoms with Crippen molar-refractivity contribution >= 4 is 11.8 Å². The number of nitrogens with one attached hydrogen (secondary N) is 1. The number of para-hydroxylation sites is 2. The molecule has 0 spiro atoms. The quantitative estimate of drug-likeness (QED) is 0.754. The summed E-state index contributed by atoms with van der Waals surface area (Å²) < 4.78 is 10.8. The Hall–Kier alpha value is -1.75. The van der Waals surface area contributed by atoms with Crippen LogP contribution in [0.2, 0.25) is 0 Å². The van der Waals surface area contributed by atoms with Gasteiger partial charge in [-0.05, 0) is 63.0 Å². The number of hydrogen-bond acceptors (Lipinski definition) is 4. The molecule has 0 aromatic heterocycles. The van der Waals surface area contributed by atoms with Crippen LogP contribution in [0.4, 0.5) is 10.5 Å². The summed E-state index contributed by atoms with van der Waals surface area (Å²) in [7, 11) is 0. The van der Waals surface area contributed by atoms with Crippen molar-refractivity contribution in [2.75, 3.05) is 38.2 Å². The van der Waals surface area contributed by atoms with Crippen LogP contribution in [-0.2, 0) is 4.74 Å². The molecule has 5 nitrogen and oxygen atoms in total. The zero-order valence-electron chi connectivity index (χ0n) is 15.2. The standard InChI is InChI=1S/C20H30N2O3/c1-2-24-19-7-4-3-6-18(19)21-20(23)25-13-5-12-22-14-16-8-9-17(15-22)11-10-16/h3-4,6-7,16-17H,2,5,8-15H2,1H3,(H,21,23). The molecule has 5 heteroatoms. The maximum atomic E-state index is 12.0. The molecule has 1 aromatic rings. The zero-order chi connectivity index (χ0) is 17.5. The third-order valence-corrected chi connectivity index (χ3v) is 5.27. The van der Waals surface area contributed by atoms with Gasteiger partial charge in [-0.15, -0.1) is 0 Å². The fourth-order valence-electron chi connectivity index (χ4n) is 4.03. The Kier molecular flexibility index (Phi) is 6.56. The number of fused-ring (bicyclic) bond motifs is 4. The largest absolute Gasteiger partial charge is 0.492 e. The Morgan fingerprint density at radius 1 is 1.16 bits per heavy atom. The molecule has 0 unspecified atom stereocenters. The lowest BCUT2D eigenvalue weighted by Crippen LogP contribution is -2.30. The summed E-state index contributed by atoms with van der Waals surface area (Å²) in [6, 6.07) is 7.41. The summed E-state index contributed by atoms with van der Waals surface area (Å²) in [5.41, 5.74) is 0.651. The van der Waals surface area contributed by atoms with Gasteiger partial charge in [-0.3, -0.25) is 5.32 Å². The topological polar surface area (TPSA) is 50.8 Å². The first kappa shape index (κ1) is 18.1. The van der Waals surface area contributed by atoms with Gasteiger partial charge in [-0.25, -0.2) is 4.79 Å². The third-order valence-electron chi connectivity index (χ3n) is 5.27. The predicted molar refractivity (Wildman–Crippen MR) is 99.1 cm³/mol. The highest BCUT2D eigenvalue weighted by Gasteiger charge is 2.28. The van der Waals surface area contributed by atoms with E-state index in [1.807, 2.05) is 31.2 Å². The maximum absolute atomic E-state index is 12.0. The summed E-state index contributed by atoms with van der Waals surface area (Å²) in [5.74, 6) is 2.44. The van der Waals surface area contributed by atoms with Crippen molar-refractivity contribution < 1.29 is 14.3 Å². The minimum absolute atomic E-state index is 0.414. The molecular weight excluding hydrogens is 316 g/mol. The SMILES string of the molecule is CCOc1ccccc1NC(=O)OCCCN1CC2CCC(CC2)C1. The average Bonchev–Trinajstić information content (AvgIpc) is 2.93.